The first-order valence-electron chi connectivity index (χ1n) is 11.4. The number of hydrogen-bond acceptors (Lipinski definition) is 4. The van der Waals surface area contributed by atoms with Gasteiger partial charge in [-0.05, 0) is 36.5 Å². The number of amides is 2. The topological polar surface area (TPSA) is 71.8 Å². The number of carbonyl (C=O) groups excluding carboxylic acids is 2. The molecule has 2 bridgehead atoms. The van der Waals surface area contributed by atoms with Crippen LogP contribution in [0.3, 0.4) is 0 Å². The Balaban J connectivity index is 1.23. The molecule has 5 rings (SSSR count). The van der Waals surface area contributed by atoms with Crippen LogP contribution in [-0.2, 0) is 22.6 Å². The normalized spacial score (nSPS) is 24.4. The van der Waals surface area contributed by atoms with Gasteiger partial charge in [0.25, 0.3) is 5.56 Å². The number of methoxy groups -OCH3 is 1. The van der Waals surface area contributed by atoms with E-state index < -0.39 is 0 Å². The van der Waals surface area contributed by atoms with E-state index in [0.717, 1.165) is 23.4 Å². The number of ether oxygens (including phenoxy) is 1. The maximum atomic E-state index is 13.3. The fourth-order valence-electron chi connectivity index (χ4n) is 5.65. The van der Waals surface area contributed by atoms with Crippen molar-refractivity contribution in [2.45, 2.75) is 31.7 Å². The van der Waals surface area contributed by atoms with Crippen LogP contribution in [0.15, 0.2) is 47.3 Å². The minimum Gasteiger partial charge on any atom is -0.496 e. The summed E-state index contributed by atoms with van der Waals surface area (Å²) in [6, 6.07) is 13.3. The summed E-state index contributed by atoms with van der Waals surface area (Å²) in [7, 11) is 1.65. The fourth-order valence-corrected chi connectivity index (χ4v) is 5.65. The second kappa shape index (κ2) is 8.45. The van der Waals surface area contributed by atoms with Crippen molar-refractivity contribution in [1.29, 1.82) is 0 Å². The van der Waals surface area contributed by atoms with Crippen molar-refractivity contribution in [3.63, 3.8) is 0 Å². The molecule has 0 aliphatic carbocycles. The molecule has 2 amide bonds. The zero-order chi connectivity index (χ0) is 22.2. The van der Waals surface area contributed by atoms with Crippen LogP contribution < -0.4 is 10.3 Å². The van der Waals surface area contributed by atoms with Crippen molar-refractivity contribution in [3.8, 4) is 5.75 Å². The van der Waals surface area contributed by atoms with Gasteiger partial charge in [0, 0.05) is 56.8 Å². The summed E-state index contributed by atoms with van der Waals surface area (Å²) in [6.07, 6.45) is 2.00. The van der Waals surface area contributed by atoms with Crippen molar-refractivity contribution >= 4 is 11.8 Å². The molecule has 0 spiro atoms. The van der Waals surface area contributed by atoms with Crippen molar-refractivity contribution < 1.29 is 14.3 Å². The highest BCUT2D eigenvalue weighted by Crippen LogP contribution is 2.36. The number of piperidine rings is 1. The molecule has 32 heavy (non-hydrogen) atoms. The summed E-state index contributed by atoms with van der Waals surface area (Å²) in [5, 5.41) is 0. The molecule has 0 unspecified atom stereocenters. The minimum atomic E-state index is -0.281. The van der Waals surface area contributed by atoms with Crippen LogP contribution in [0.4, 0.5) is 0 Å². The number of benzene rings is 1. The highest BCUT2D eigenvalue weighted by molar-refractivity contribution is 5.89. The Bertz CT molecular complexity index is 1090. The quantitative estimate of drug-likeness (QED) is 0.719. The molecule has 1 aromatic carbocycles. The Labute approximate surface area is 187 Å². The molecule has 3 atom stereocenters. The molecule has 0 N–H and O–H groups in total. The third kappa shape index (κ3) is 3.80. The minimum absolute atomic E-state index is 0.0454. The number of para-hydroxylation sites is 1. The molecule has 2 fully saturated rings. The van der Waals surface area contributed by atoms with Crippen LogP contribution in [0.5, 0.6) is 5.75 Å². The van der Waals surface area contributed by atoms with Crippen LogP contribution in [-0.4, -0.2) is 59.5 Å². The lowest BCUT2D eigenvalue weighted by Gasteiger charge is -2.43. The van der Waals surface area contributed by atoms with Gasteiger partial charge in [0.15, 0.2) is 0 Å². The fraction of sp³-hybridized carbons (Fsp3) is 0.480. The standard InChI is InChI=1S/C25H29N3O4/c1-32-22-7-3-2-5-18(22)9-10-26-16-20(12-24(26)30)25(31)27-13-17-11-19(15-27)21-6-4-8-23(29)28(21)14-17/h2-8,17,19-20H,9-16H2,1H3/t17-,19+,20+/m1/s1. The molecule has 2 saturated heterocycles. The van der Waals surface area contributed by atoms with Crippen molar-refractivity contribution in [2.75, 3.05) is 33.3 Å². The van der Waals surface area contributed by atoms with Gasteiger partial charge in [0.1, 0.15) is 5.75 Å². The maximum absolute atomic E-state index is 13.3. The summed E-state index contributed by atoms with van der Waals surface area (Å²) in [6.45, 7) is 3.04. The van der Waals surface area contributed by atoms with E-state index in [0.29, 0.717) is 45.1 Å². The lowest BCUT2D eigenvalue weighted by Crippen LogP contribution is -2.50. The summed E-state index contributed by atoms with van der Waals surface area (Å²) in [5.74, 6) is 1.16. The second-order valence-corrected chi connectivity index (χ2v) is 9.24. The molecule has 0 radical (unpaired) electrons. The van der Waals surface area contributed by atoms with E-state index in [1.807, 2.05) is 50.8 Å². The van der Waals surface area contributed by atoms with E-state index in [9.17, 15) is 14.4 Å². The molecule has 2 aromatic rings. The Morgan fingerprint density at radius 3 is 2.72 bits per heavy atom. The van der Waals surface area contributed by atoms with Gasteiger partial charge in [-0.15, -0.1) is 0 Å². The Morgan fingerprint density at radius 1 is 1.03 bits per heavy atom. The van der Waals surface area contributed by atoms with Crippen LogP contribution in [0.2, 0.25) is 0 Å². The second-order valence-electron chi connectivity index (χ2n) is 9.24. The molecular weight excluding hydrogens is 406 g/mol. The number of carbonyl (C=O) groups is 2. The number of nitrogens with zero attached hydrogens (tertiary/aromatic N) is 3. The summed E-state index contributed by atoms with van der Waals surface area (Å²) >= 11 is 0. The first kappa shape index (κ1) is 20.8. The zero-order valence-electron chi connectivity index (χ0n) is 18.4. The molecule has 3 aliphatic heterocycles. The van der Waals surface area contributed by atoms with Gasteiger partial charge in [0.05, 0.1) is 13.0 Å². The van der Waals surface area contributed by atoms with Gasteiger partial charge >= 0.3 is 0 Å². The van der Waals surface area contributed by atoms with Crippen molar-refractivity contribution in [1.82, 2.24) is 14.4 Å². The lowest BCUT2D eigenvalue weighted by molar-refractivity contribution is -0.138. The molecule has 1 aromatic heterocycles. The van der Waals surface area contributed by atoms with Gasteiger partial charge in [-0.2, -0.15) is 0 Å². The number of aromatic nitrogens is 1. The molecule has 7 nitrogen and oxygen atoms in total. The number of likely N-dealkylation sites (tertiary alicyclic amines) is 2. The van der Waals surface area contributed by atoms with Gasteiger partial charge in [0.2, 0.25) is 11.8 Å². The third-order valence-corrected chi connectivity index (χ3v) is 7.20. The van der Waals surface area contributed by atoms with Crippen LogP contribution >= 0.6 is 0 Å². The molecule has 7 heteroatoms. The first-order chi connectivity index (χ1) is 15.5. The predicted molar refractivity (Wildman–Crippen MR) is 120 cm³/mol. The predicted octanol–water partition coefficient (Wildman–Crippen LogP) is 1.89. The third-order valence-electron chi connectivity index (χ3n) is 7.20. The van der Waals surface area contributed by atoms with Crippen LogP contribution in [0.25, 0.3) is 0 Å². The zero-order valence-corrected chi connectivity index (χ0v) is 18.4. The van der Waals surface area contributed by atoms with E-state index in [1.165, 1.54) is 0 Å². The SMILES string of the molecule is COc1ccccc1CCN1C[C@@H](C(=O)N2C[C@H]3C[C@@H](C2)c2cccc(=O)n2C3)CC1=O. The number of rotatable bonds is 5. The number of fused-ring (bicyclic) bond motifs is 4. The van der Waals surface area contributed by atoms with Crippen LogP contribution in [0.1, 0.15) is 30.0 Å². The van der Waals surface area contributed by atoms with E-state index in [2.05, 4.69) is 0 Å². The average molecular weight is 436 g/mol. The van der Waals surface area contributed by atoms with Crippen molar-refractivity contribution in [2.24, 2.45) is 11.8 Å². The highest BCUT2D eigenvalue weighted by Gasteiger charge is 2.41. The average Bonchev–Trinajstić information content (AvgIpc) is 3.18. The smallest absolute Gasteiger partial charge is 0.250 e. The van der Waals surface area contributed by atoms with Gasteiger partial charge in [-0.3, -0.25) is 14.4 Å². The van der Waals surface area contributed by atoms with E-state index >= 15 is 0 Å². The van der Waals surface area contributed by atoms with Crippen LogP contribution in [0, 0.1) is 11.8 Å². The maximum Gasteiger partial charge on any atom is 0.250 e. The molecular formula is C25H29N3O4. The Morgan fingerprint density at radius 2 is 1.88 bits per heavy atom. The molecule has 0 saturated carbocycles. The summed E-state index contributed by atoms with van der Waals surface area (Å²) in [5.41, 5.74) is 2.14. The van der Waals surface area contributed by atoms with Gasteiger partial charge in [-0.25, -0.2) is 0 Å². The van der Waals surface area contributed by atoms with Crippen molar-refractivity contribution in [3.05, 3.63) is 64.1 Å². The number of pyridine rings is 1. The number of hydrogen-bond donors (Lipinski definition) is 0. The Hall–Kier alpha value is -3.09. The Kier molecular flexibility index (Phi) is 5.49. The highest BCUT2D eigenvalue weighted by atomic mass is 16.5. The lowest BCUT2D eigenvalue weighted by atomic mass is 9.82. The van der Waals surface area contributed by atoms with E-state index in [4.69, 9.17) is 4.74 Å². The van der Waals surface area contributed by atoms with Gasteiger partial charge in [-0.1, -0.05) is 24.3 Å². The molecule has 3 aliphatic rings. The van der Waals surface area contributed by atoms with E-state index in [1.54, 1.807) is 13.2 Å². The summed E-state index contributed by atoms with van der Waals surface area (Å²) < 4.78 is 7.28. The molecule has 4 heterocycles. The van der Waals surface area contributed by atoms with Gasteiger partial charge < -0.3 is 19.1 Å². The largest absolute Gasteiger partial charge is 0.496 e. The monoisotopic (exact) mass is 435 g/mol. The summed E-state index contributed by atoms with van der Waals surface area (Å²) in [4.78, 5) is 42.0. The first-order valence-corrected chi connectivity index (χ1v) is 11.4. The van der Waals surface area contributed by atoms with E-state index in [-0.39, 0.29) is 35.6 Å². The molecule has 168 valence electrons.